The normalized spacial score (nSPS) is 21.4. The largest absolute Gasteiger partial charge is 0.271 e. The highest BCUT2D eigenvalue weighted by Gasteiger charge is 2.02. The van der Waals surface area contributed by atoms with Crippen molar-refractivity contribution >= 4 is 5.90 Å². The van der Waals surface area contributed by atoms with E-state index in [1.165, 1.54) is 0 Å². The van der Waals surface area contributed by atoms with Gasteiger partial charge in [0.2, 0.25) is 0 Å². The lowest BCUT2D eigenvalue weighted by atomic mass is 10.5. The Morgan fingerprint density at radius 3 is 2.57 bits per heavy atom. The number of hydrogen-bond donors (Lipinski definition) is 0. The number of rotatable bonds is 0. The predicted octanol–water partition coefficient (Wildman–Crippen LogP) is -0.567. The van der Waals surface area contributed by atoms with Crippen LogP contribution < -0.4 is 5.32 Å². The Balaban J connectivity index is 2.40. The second-order valence-electron chi connectivity index (χ2n) is 1.38. The van der Waals surface area contributed by atoms with Crippen LogP contribution in [0.2, 0.25) is 0 Å². The minimum atomic E-state index is -0.0775. The fourth-order valence-electron chi connectivity index (χ4n) is 0.470. The maximum Gasteiger partial charge on any atom is 0.256 e. The van der Waals surface area contributed by atoms with Crippen LogP contribution >= 0.6 is 0 Å². The van der Waals surface area contributed by atoms with Crippen molar-refractivity contribution < 1.29 is 5.11 Å². The van der Waals surface area contributed by atoms with Crippen LogP contribution in [0.1, 0.15) is 0 Å². The Morgan fingerprint density at radius 2 is 2.29 bits per heavy atom. The van der Waals surface area contributed by atoms with Gasteiger partial charge in [-0.25, -0.2) is 10.3 Å². The second kappa shape index (κ2) is 1.93. The van der Waals surface area contributed by atoms with Gasteiger partial charge in [0.1, 0.15) is 0 Å². The second-order valence-corrected chi connectivity index (χ2v) is 1.38. The zero-order chi connectivity index (χ0) is 5.11. The summed E-state index contributed by atoms with van der Waals surface area (Å²) in [4.78, 5) is 3.60. The van der Waals surface area contributed by atoms with Crippen molar-refractivity contribution in [3.8, 4) is 0 Å². The van der Waals surface area contributed by atoms with Gasteiger partial charge in [-0.2, -0.15) is 0 Å². The molecule has 7 heavy (non-hydrogen) atoms. The summed E-state index contributed by atoms with van der Waals surface area (Å²) >= 11 is 0. The molecule has 3 heteroatoms. The fraction of sp³-hybridized carbons (Fsp3) is 0.750. The molecule has 0 fully saturated rings. The summed E-state index contributed by atoms with van der Waals surface area (Å²) in [5, 5.41) is 14.0. The van der Waals surface area contributed by atoms with Gasteiger partial charge in [0.05, 0.1) is 13.1 Å². The summed E-state index contributed by atoms with van der Waals surface area (Å²) in [7, 11) is 0. The Hall–Kier alpha value is -0.570. The Morgan fingerprint density at radius 1 is 1.43 bits per heavy atom. The SMILES string of the molecule is [O]C1=NCC[N]C1. The maximum absolute atomic E-state index is 10.2. The lowest BCUT2D eigenvalue weighted by Crippen LogP contribution is -2.23. The van der Waals surface area contributed by atoms with Gasteiger partial charge in [-0.05, 0) is 0 Å². The van der Waals surface area contributed by atoms with E-state index < -0.39 is 0 Å². The van der Waals surface area contributed by atoms with E-state index in [1.54, 1.807) is 0 Å². The van der Waals surface area contributed by atoms with E-state index >= 15 is 0 Å². The molecular formula is C4H6N2O. The third-order valence-corrected chi connectivity index (χ3v) is 0.793. The van der Waals surface area contributed by atoms with Crippen LogP contribution in [0.25, 0.3) is 0 Å². The van der Waals surface area contributed by atoms with Crippen molar-refractivity contribution in [2.45, 2.75) is 0 Å². The summed E-state index contributed by atoms with van der Waals surface area (Å²) in [6, 6.07) is 0. The van der Waals surface area contributed by atoms with Crippen LogP contribution in [-0.2, 0) is 5.11 Å². The fourth-order valence-corrected chi connectivity index (χ4v) is 0.470. The molecule has 0 aromatic heterocycles. The highest BCUT2D eigenvalue weighted by molar-refractivity contribution is 5.75. The molecule has 0 unspecified atom stereocenters. The van der Waals surface area contributed by atoms with E-state index in [-0.39, 0.29) is 5.90 Å². The van der Waals surface area contributed by atoms with Crippen LogP contribution in [0.5, 0.6) is 0 Å². The van der Waals surface area contributed by atoms with Crippen molar-refractivity contribution in [2.75, 3.05) is 19.6 Å². The predicted molar refractivity (Wildman–Crippen MR) is 24.9 cm³/mol. The van der Waals surface area contributed by atoms with Gasteiger partial charge in [0.25, 0.3) is 5.90 Å². The van der Waals surface area contributed by atoms with Crippen molar-refractivity contribution in [3.63, 3.8) is 0 Å². The molecule has 0 N–H and O–H groups in total. The molecule has 0 saturated carbocycles. The zero-order valence-electron chi connectivity index (χ0n) is 3.92. The average Bonchev–Trinajstić information content (AvgIpc) is 1.69. The monoisotopic (exact) mass is 98.0 g/mol. The maximum atomic E-state index is 10.2. The lowest BCUT2D eigenvalue weighted by molar-refractivity contribution is 0.400. The molecule has 0 bridgehead atoms. The summed E-state index contributed by atoms with van der Waals surface area (Å²) < 4.78 is 0. The van der Waals surface area contributed by atoms with E-state index in [4.69, 9.17) is 0 Å². The first-order valence-electron chi connectivity index (χ1n) is 2.23. The summed E-state index contributed by atoms with van der Waals surface area (Å²) in [5.74, 6) is -0.0775. The average molecular weight is 98.1 g/mol. The molecule has 1 aliphatic heterocycles. The van der Waals surface area contributed by atoms with Crippen LogP contribution in [0.15, 0.2) is 4.99 Å². The Kier molecular flexibility index (Phi) is 1.26. The van der Waals surface area contributed by atoms with Gasteiger partial charge >= 0.3 is 0 Å². The van der Waals surface area contributed by atoms with Crippen molar-refractivity contribution in [3.05, 3.63) is 0 Å². The molecule has 38 valence electrons. The highest BCUT2D eigenvalue weighted by Crippen LogP contribution is 1.81. The molecule has 0 aromatic rings. The van der Waals surface area contributed by atoms with Crippen LogP contribution in [0.3, 0.4) is 0 Å². The highest BCUT2D eigenvalue weighted by atomic mass is 16.3. The van der Waals surface area contributed by atoms with Gasteiger partial charge < -0.3 is 0 Å². The van der Waals surface area contributed by atoms with Crippen LogP contribution in [0.4, 0.5) is 0 Å². The van der Waals surface area contributed by atoms with E-state index in [9.17, 15) is 5.11 Å². The van der Waals surface area contributed by atoms with E-state index in [0.29, 0.717) is 13.1 Å². The Bertz CT molecular complexity index is 89.7. The molecular weight excluding hydrogens is 92.1 g/mol. The first kappa shape index (κ1) is 4.59. The molecule has 0 aliphatic carbocycles. The summed E-state index contributed by atoms with van der Waals surface area (Å²) in [5.41, 5.74) is 0. The molecule has 0 spiro atoms. The molecule has 1 aliphatic rings. The first-order chi connectivity index (χ1) is 3.39. The molecule has 2 radical (unpaired) electrons. The van der Waals surface area contributed by atoms with Gasteiger partial charge in [-0.1, -0.05) is 0 Å². The first-order valence-corrected chi connectivity index (χ1v) is 2.23. The van der Waals surface area contributed by atoms with Crippen molar-refractivity contribution in [2.24, 2.45) is 4.99 Å². The number of nitrogens with zero attached hydrogens (tertiary/aromatic N) is 2. The molecule has 0 saturated heterocycles. The minimum absolute atomic E-state index is 0.0775. The third kappa shape index (κ3) is 1.16. The number of aliphatic imine (C=N–C) groups is 1. The van der Waals surface area contributed by atoms with Crippen LogP contribution in [0, 0.1) is 0 Å². The van der Waals surface area contributed by atoms with E-state index in [1.807, 2.05) is 0 Å². The smallest absolute Gasteiger partial charge is 0.256 e. The molecule has 0 atom stereocenters. The third-order valence-electron chi connectivity index (χ3n) is 0.793. The molecule has 3 nitrogen and oxygen atoms in total. The topological polar surface area (TPSA) is 46.4 Å². The van der Waals surface area contributed by atoms with E-state index in [0.717, 1.165) is 6.54 Å². The van der Waals surface area contributed by atoms with Gasteiger partial charge in [0, 0.05) is 6.54 Å². The lowest BCUT2D eigenvalue weighted by Gasteiger charge is -2.01. The molecule has 0 aromatic carbocycles. The number of hydrogen-bond acceptors (Lipinski definition) is 1. The van der Waals surface area contributed by atoms with Gasteiger partial charge in [-0.15, -0.1) is 0 Å². The summed E-state index contributed by atoms with van der Waals surface area (Å²) in [6.45, 7) is 1.63. The standard InChI is InChI=1S/C4H6N2O/c7-4-3-5-1-2-6-4/h1-3H2. The van der Waals surface area contributed by atoms with Gasteiger partial charge in [-0.3, -0.25) is 5.11 Å². The van der Waals surface area contributed by atoms with Gasteiger partial charge in [0.15, 0.2) is 0 Å². The minimum Gasteiger partial charge on any atom is -0.271 e. The molecule has 1 rings (SSSR count). The molecule has 1 heterocycles. The zero-order valence-corrected chi connectivity index (χ0v) is 3.92. The van der Waals surface area contributed by atoms with Crippen molar-refractivity contribution in [1.82, 2.24) is 5.32 Å². The van der Waals surface area contributed by atoms with E-state index in [2.05, 4.69) is 10.3 Å². The quantitative estimate of drug-likeness (QED) is 0.389. The molecule has 0 amide bonds. The van der Waals surface area contributed by atoms with Crippen molar-refractivity contribution in [1.29, 1.82) is 0 Å². The Labute approximate surface area is 42.1 Å². The van der Waals surface area contributed by atoms with Crippen LogP contribution in [-0.4, -0.2) is 25.5 Å². The summed E-state index contributed by atoms with van der Waals surface area (Å²) in [6.07, 6.45) is 0.